The van der Waals surface area contributed by atoms with Crippen LogP contribution in [0.25, 0.3) is 10.9 Å². The predicted molar refractivity (Wildman–Crippen MR) is 91.0 cm³/mol. The van der Waals surface area contributed by atoms with E-state index in [1.165, 1.54) is 13.0 Å². The zero-order valence-corrected chi connectivity index (χ0v) is 15.0. The van der Waals surface area contributed by atoms with Crippen LogP contribution in [-0.4, -0.2) is 25.0 Å². The van der Waals surface area contributed by atoms with Crippen LogP contribution in [0.3, 0.4) is 0 Å². The summed E-state index contributed by atoms with van der Waals surface area (Å²) in [6.45, 7) is 9.16. The number of benzene rings is 1. The highest BCUT2D eigenvalue weighted by molar-refractivity contribution is 6.76. The molecule has 23 heavy (non-hydrogen) atoms. The van der Waals surface area contributed by atoms with Gasteiger partial charge in [-0.05, 0) is 31.2 Å². The van der Waals surface area contributed by atoms with E-state index >= 15 is 0 Å². The van der Waals surface area contributed by atoms with Gasteiger partial charge in [0.1, 0.15) is 6.73 Å². The molecule has 3 nitrogen and oxygen atoms in total. The molecule has 1 aromatic heterocycles. The molecule has 0 aliphatic rings. The van der Waals surface area contributed by atoms with Gasteiger partial charge in [-0.25, -0.2) is 8.78 Å². The molecule has 1 aromatic carbocycles. The first kappa shape index (κ1) is 17.8. The van der Waals surface area contributed by atoms with Gasteiger partial charge in [0, 0.05) is 37.4 Å². The molecule has 2 aromatic rings. The van der Waals surface area contributed by atoms with Crippen molar-refractivity contribution in [3.63, 3.8) is 0 Å². The zero-order chi connectivity index (χ0) is 17.2. The standard InChI is InChI=1S/C17H23F2NO2Si/c1-12(21)13-9-15(17(18)19)14-5-6-20(16(14)10-13)11-22-7-8-23(2,3)4/h5-6,9-10,17H,7-8,11H2,1-4H3. The van der Waals surface area contributed by atoms with E-state index in [0.717, 1.165) is 6.04 Å². The van der Waals surface area contributed by atoms with E-state index in [-0.39, 0.29) is 11.3 Å². The van der Waals surface area contributed by atoms with Crippen LogP contribution < -0.4 is 0 Å². The number of carbonyl (C=O) groups is 1. The molecule has 1 heterocycles. The minimum atomic E-state index is -2.61. The fourth-order valence-electron chi connectivity index (χ4n) is 2.36. The van der Waals surface area contributed by atoms with Gasteiger partial charge in [-0.15, -0.1) is 0 Å². The number of aromatic nitrogens is 1. The molecule has 0 bridgehead atoms. The fourth-order valence-corrected chi connectivity index (χ4v) is 3.12. The first-order valence-corrected chi connectivity index (χ1v) is 11.4. The van der Waals surface area contributed by atoms with Crippen molar-refractivity contribution in [2.24, 2.45) is 0 Å². The number of ether oxygens (including phenoxy) is 1. The first-order chi connectivity index (χ1) is 10.7. The lowest BCUT2D eigenvalue weighted by Gasteiger charge is -2.16. The van der Waals surface area contributed by atoms with Gasteiger partial charge >= 0.3 is 0 Å². The van der Waals surface area contributed by atoms with Crippen LogP contribution in [0.1, 0.15) is 29.3 Å². The van der Waals surface area contributed by atoms with Gasteiger partial charge in [0.15, 0.2) is 5.78 Å². The van der Waals surface area contributed by atoms with Crippen molar-refractivity contribution in [3.05, 3.63) is 35.5 Å². The Morgan fingerprint density at radius 3 is 2.57 bits per heavy atom. The molecule has 0 saturated carbocycles. The maximum atomic E-state index is 13.2. The molecular formula is C17H23F2NO2Si. The quantitative estimate of drug-likeness (QED) is 0.399. The van der Waals surface area contributed by atoms with Crippen molar-refractivity contribution in [3.8, 4) is 0 Å². The van der Waals surface area contributed by atoms with Crippen LogP contribution in [0.5, 0.6) is 0 Å². The average Bonchev–Trinajstić information content (AvgIpc) is 2.84. The van der Waals surface area contributed by atoms with Gasteiger partial charge in [0.05, 0.1) is 5.52 Å². The third kappa shape index (κ3) is 4.48. The lowest BCUT2D eigenvalue weighted by atomic mass is 10.0. The normalized spacial score (nSPS) is 12.3. The third-order valence-electron chi connectivity index (χ3n) is 3.79. The largest absolute Gasteiger partial charge is 0.361 e. The lowest BCUT2D eigenvalue weighted by molar-refractivity contribution is 0.0901. The van der Waals surface area contributed by atoms with Gasteiger partial charge in [-0.3, -0.25) is 4.79 Å². The number of ketones is 1. The second kappa shape index (κ2) is 6.92. The van der Waals surface area contributed by atoms with Crippen molar-refractivity contribution in [2.75, 3.05) is 6.61 Å². The van der Waals surface area contributed by atoms with Gasteiger partial charge in [0.2, 0.25) is 0 Å². The smallest absolute Gasteiger partial charge is 0.264 e. The molecule has 0 atom stereocenters. The van der Waals surface area contributed by atoms with Gasteiger partial charge in [0.25, 0.3) is 6.43 Å². The maximum Gasteiger partial charge on any atom is 0.264 e. The summed E-state index contributed by atoms with van der Waals surface area (Å²) < 4.78 is 33.9. The van der Waals surface area contributed by atoms with E-state index in [9.17, 15) is 13.6 Å². The number of fused-ring (bicyclic) bond motifs is 1. The number of alkyl halides is 2. The zero-order valence-electron chi connectivity index (χ0n) is 14.0. The lowest BCUT2D eigenvalue weighted by Crippen LogP contribution is -2.21. The molecule has 0 spiro atoms. The average molecular weight is 339 g/mol. The summed E-state index contributed by atoms with van der Waals surface area (Å²) in [7, 11) is -1.16. The van der Waals surface area contributed by atoms with Crippen molar-refractivity contribution >= 4 is 24.8 Å². The Balaban J connectivity index is 2.26. The third-order valence-corrected chi connectivity index (χ3v) is 5.49. The summed E-state index contributed by atoms with van der Waals surface area (Å²) in [6, 6.07) is 5.65. The van der Waals surface area contributed by atoms with E-state index in [0.29, 0.717) is 29.8 Å². The van der Waals surface area contributed by atoms with Crippen LogP contribution in [0.2, 0.25) is 25.7 Å². The van der Waals surface area contributed by atoms with Crippen LogP contribution in [0.15, 0.2) is 24.4 Å². The van der Waals surface area contributed by atoms with Gasteiger partial charge < -0.3 is 9.30 Å². The highest BCUT2D eigenvalue weighted by Gasteiger charge is 2.17. The Labute approximate surface area is 136 Å². The van der Waals surface area contributed by atoms with E-state index < -0.39 is 14.5 Å². The Bertz CT molecular complexity index is 704. The second-order valence-corrected chi connectivity index (χ2v) is 12.6. The Morgan fingerprint density at radius 2 is 2.00 bits per heavy atom. The van der Waals surface area contributed by atoms with Gasteiger partial charge in [-0.1, -0.05) is 19.6 Å². The monoisotopic (exact) mass is 339 g/mol. The summed E-state index contributed by atoms with van der Waals surface area (Å²) >= 11 is 0. The number of halogens is 2. The number of hydrogen-bond acceptors (Lipinski definition) is 2. The number of nitrogens with zero attached hydrogens (tertiary/aromatic N) is 1. The molecule has 2 rings (SSSR count). The second-order valence-electron chi connectivity index (χ2n) is 6.99. The summed E-state index contributed by atoms with van der Waals surface area (Å²) in [6.07, 6.45) is -0.880. The minimum absolute atomic E-state index is 0.103. The molecule has 126 valence electrons. The molecule has 0 unspecified atom stereocenters. The molecule has 0 amide bonds. The van der Waals surface area contributed by atoms with Crippen molar-refractivity contribution in [2.45, 2.75) is 45.8 Å². The summed E-state index contributed by atoms with van der Waals surface area (Å²) in [4.78, 5) is 11.6. The van der Waals surface area contributed by atoms with E-state index in [4.69, 9.17) is 4.74 Å². The Morgan fingerprint density at radius 1 is 1.30 bits per heavy atom. The summed E-state index contributed by atoms with van der Waals surface area (Å²) in [5.41, 5.74) is 0.810. The molecule has 6 heteroatoms. The van der Waals surface area contributed by atoms with Crippen LogP contribution in [0.4, 0.5) is 8.78 Å². The van der Waals surface area contributed by atoms with Crippen LogP contribution in [0, 0.1) is 0 Å². The highest BCUT2D eigenvalue weighted by atomic mass is 28.3. The highest BCUT2D eigenvalue weighted by Crippen LogP contribution is 2.30. The molecular weight excluding hydrogens is 316 g/mol. The van der Waals surface area contributed by atoms with Crippen molar-refractivity contribution in [1.29, 1.82) is 0 Å². The van der Waals surface area contributed by atoms with E-state index in [1.54, 1.807) is 22.9 Å². The van der Waals surface area contributed by atoms with E-state index in [1.807, 2.05) is 0 Å². The maximum absolute atomic E-state index is 13.2. The summed E-state index contributed by atoms with van der Waals surface area (Å²) in [5.74, 6) is -0.221. The van der Waals surface area contributed by atoms with Gasteiger partial charge in [-0.2, -0.15) is 0 Å². The predicted octanol–water partition coefficient (Wildman–Crippen LogP) is 5.09. The van der Waals surface area contributed by atoms with Crippen LogP contribution >= 0.6 is 0 Å². The number of hydrogen-bond donors (Lipinski definition) is 0. The first-order valence-electron chi connectivity index (χ1n) is 7.68. The van der Waals surface area contributed by atoms with E-state index in [2.05, 4.69) is 19.6 Å². The van der Waals surface area contributed by atoms with Crippen molar-refractivity contribution < 1.29 is 18.3 Å². The molecule has 0 fully saturated rings. The van der Waals surface area contributed by atoms with Crippen LogP contribution in [-0.2, 0) is 11.5 Å². The topological polar surface area (TPSA) is 31.2 Å². The molecule has 0 N–H and O–H groups in total. The number of carbonyl (C=O) groups excluding carboxylic acids is 1. The summed E-state index contributed by atoms with van der Waals surface area (Å²) in [5, 5.41) is 0.471. The molecule has 0 aliphatic carbocycles. The minimum Gasteiger partial charge on any atom is -0.361 e. The number of rotatable bonds is 7. The number of Topliss-reactive ketones (excluding diaryl/α,β-unsaturated/α-hetero) is 1. The fraction of sp³-hybridized carbons (Fsp3) is 0.471. The Hall–Kier alpha value is -1.53. The Kier molecular flexibility index (Phi) is 5.36. The molecule has 0 saturated heterocycles. The van der Waals surface area contributed by atoms with Crippen molar-refractivity contribution in [1.82, 2.24) is 4.57 Å². The SMILES string of the molecule is CC(=O)c1cc(C(F)F)c2ccn(COCC[Si](C)(C)C)c2c1. The molecule has 0 aliphatic heterocycles. The molecule has 0 radical (unpaired) electrons.